The van der Waals surface area contributed by atoms with Gasteiger partial charge in [0.05, 0.1) is 9.26 Å². The van der Waals surface area contributed by atoms with Crippen molar-refractivity contribution in [3.8, 4) is 11.3 Å². The van der Waals surface area contributed by atoms with Crippen LogP contribution >= 0.6 is 22.6 Å². The number of hydrogen-bond donors (Lipinski definition) is 2. The highest BCUT2D eigenvalue weighted by Crippen LogP contribution is 2.26. The molecule has 0 spiro atoms. The summed E-state index contributed by atoms with van der Waals surface area (Å²) in [6.45, 7) is 2.15. The number of nitrogens with two attached hydrogens (primary N) is 1. The van der Waals surface area contributed by atoms with Gasteiger partial charge in [-0.25, -0.2) is 0 Å². The maximum absolute atomic E-state index is 5.68. The van der Waals surface area contributed by atoms with Gasteiger partial charge in [-0.15, -0.1) is 0 Å². The summed E-state index contributed by atoms with van der Waals surface area (Å²) in [6, 6.07) is 8.44. The number of H-pyrrole nitrogens is 1. The lowest BCUT2D eigenvalue weighted by atomic mass is 10.1. The zero-order chi connectivity index (χ0) is 10.8. The van der Waals surface area contributed by atoms with Crippen LogP contribution in [0.4, 0.5) is 5.82 Å². The standard InChI is InChI=1S/C11H12IN3/c1-2-7-3-5-8(6-4-7)10-9(12)11(13)15-14-10/h3-6H,2H2,1H3,(H3,13,14,15). The molecule has 0 saturated carbocycles. The summed E-state index contributed by atoms with van der Waals surface area (Å²) in [6.07, 6.45) is 1.06. The Bertz CT molecular complexity index is 459. The number of nitrogens with zero attached hydrogens (tertiary/aromatic N) is 1. The summed E-state index contributed by atoms with van der Waals surface area (Å²) in [7, 11) is 0. The van der Waals surface area contributed by atoms with E-state index in [1.807, 2.05) is 0 Å². The highest BCUT2D eigenvalue weighted by molar-refractivity contribution is 14.1. The molecule has 0 fully saturated rings. The van der Waals surface area contributed by atoms with Gasteiger partial charge in [-0.3, -0.25) is 5.10 Å². The molecule has 0 saturated heterocycles. The van der Waals surface area contributed by atoms with Crippen molar-refractivity contribution in [2.45, 2.75) is 13.3 Å². The first-order valence-electron chi connectivity index (χ1n) is 4.81. The lowest BCUT2D eigenvalue weighted by Crippen LogP contribution is -1.86. The van der Waals surface area contributed by atoms with Crippen LogP contribution in [-0.2, 0) is 6.42 Å². The molecule has 0 aliphatic carbocycles. The van der Waals surface area contributed by atoms with Crippen molar-refractivity contribution in [3.05, 3.63) is 33.4 Å². The van der Waals surface area contributed by atoms with E-state index in [2.05, 4.69) is 64.0 Å². The van der Waals surface area contributed by atoms with E-state index >= 15 is 0 Å². The minimum Gasteiger partial charge on any atom is -0.381 e. The molecule has 0 radical (unpaired) electrons. The van der Waals surface area contributed by atoms with Crippen LogP contribution in [0.1, 0.15) is 12.5 Å². The number of hydrogen-bond acceptors (Lipinski definition) is 2. The summed E-state index contributed by atoms with van der Waals surface area (Å²) >= 11 is 2.20. The molecule has 0 aliphatic rings. The van der Waals surface area contributed by atoms with Gasteiger partial charge in [0.2, 0.25) is 0 Å². The van der Waals surface area contributed by atoms with Crippen LogP contribution in [-0.4, -0.2) is 10.2 Å². The summed E-state index contributed by atoms with van der Waals surface area (Å²) in [5.41, 5.74) is 9.14. The molecule has 1 heterocycles. The molecular weight excluding hydrogens is 301 g/mol. The minimum absolute atomic E-state index is 0.560. The molecule has 2 aromatic rings. The van der Waals surface area contributed by atoms with Gasteiger partial charge in [0.15, 0.2) is 5.82 Å². The van der Waals surface area contributed by atoms with Gasteiger partial charge in [-0.05, 0) is 34.6 Å². The average Bonchev–Trinajstić information content (AvgIpc) is 2.60. The van der Waals surface area contributed by atoms with E-state index < -0.39 is 0 Å². The van der Waals surface area contributed by atoms with E-state index in [1.54, 1.807) is 0 Å². The van der Waals surface area contributed by atoms with Gasteiger partial charge in [0.1, 0.15) is 0 Å². The third-order valence-corrected chi connectivity index (χ3v) is 3.48. The first-order valence-corrected chi connectivity index (χ1v) is 5.89. The Morgan fingerprint density at radius 1 is 1.33 bits per heavy atom. The van der Waals surface area contributed by atoms with Crippen molar-refractivity contribution in [1.82, 2.24) is 10.2 Å². The van der Waals surface area contributed by atoms with Gasteiger partial charge >= 0.3 is 0 Å². The van der Waals surface area contributed by atoms with Gasteiger partial charge in [0, 0.05) is 5.56 Å². The number of aryl methyl sites for hydroxylation is 1. The molecule has 1 aromatic heterocycles. The normalized spacial score (nSPS) is 10.5. The molecule has 0 bridgehead atoms. The Kier molecular flexibility index (Phi) is 2.95. The molecule has 0 amide bonds. The van der Waals surface area contributed by atoms with Crippen LogP contribution in [0.2, 0.25) is 0 Å². The lowest BCUT2D eigenvalue weighted by molar-refractivity contribution is 1.10. The van der Waals surface area contributed by atoms with E-state index in [0.717, 1.165) is 21.2 Å². The number of aromatic nitrogens is 2. The molecule has 3 nitrogen and oxygen atoms in total. The minimum atomic E-state index is 0.560. The molecule has 0 atom stereocenters. The maximum atomic E-state index is 5.68. The lowest BCUT2D eigenvalue weighted by Gasteiger charge is -2.00. The third-order valence-electron chi connectivity index (χ3n) is 2.38. The first-order chi connectivity index (χ1) is 7.22. The SMILES string of the molecule is CCc1ccc(-c2[nH]nc(N)c2I)cc1. The van der Waals surface area contributed by atoms with Crippen molar-refractivity contribution < 1.29 is 0 Å². The number of benzene rings is 1. The molecule has 0 aliphatic heterocycles. The predicted molar refractivity (Wildman–Crippen MR) is 70.5 cm³/mol. The number of anilines is 1. The van der Waals surface area contributed by atoms with E-state index in [-0.39, 0.29) is 0 Å². The molecular formula is C11H12IN3. The van der Waals surface area contributed by atoms with Crippen molar-refractivity contribution in [2.24, 2.45) is 0 Å². The Morgan fingerprint density at radius 3 is 2.47 bits per heavy atom. The fraction of sp³-hybridized carbons (Fsp3) is 0.182. The van der Waals surface area contributed by atoms with E-state index in [4.69, 9.17) is 5.73 Å². The topological polar surface area (TPSA) is 54.7 Å². The maximum Gasteiger partial charge on any atom is 0.159 e. The Morgan fingerprint density at radius 2 is 2.00 bits per heavy atom. The van der Waals surface area contributed by atoms with Gasteiger partial charge in [-0.2, -0.15) is 5.10 Å². The van der Waals surface area contributed by atoms with Crippen molar-refractivity contribution >= 4 is 28.4 Å². The summed E-state index contributed by atoms with van der Waals surface area (Å²) in [5.74, 6) is 0.560. The predicted octanol–water partition coefficient (Wildman–Crippen LogP) is 2.83. The summed E-state index contributed by atoms with van der Waals surface area (Å²) < 4.78 is 0.983. The molecule has 3 N–H and O–H groups in total. The Hall–Kier alpha value is -1.04. The van der Waals surface area contributed by atoms with E-state index in [1.165, 1.54) is 5.56 Å². The first kappa shape index (κ1) is 10.5. The fourth-order valence-corrected chi connectivity index (χ4v) is 1.99. The molecule has 15 heavy (non-hydrogen) atoms. The number of nitrogens with one attached hydrogen (secondary N) is 1. The Balaban J connectivity index is 2.41. The highest BCUT2D eigenvalue weighted by Gasteiger charge is 2.08. The fourth-order valence-electron chi connectivity index (χ4n) is 1.44. The van der Waals surface area contributed by atoms with Crippen LogP contribution in [0.15, 0.2) is 24.3 Å². The second-order valence-electron chi connectivity index (χ2n) is 3.35. The van der Waals surface area contributed by atoms with Crippen LogP contribution in [0.25, 0.3) is 11.3 Å². The summed E-state index contributed by atoms with van der Waals surface area (Å²) in [5, 5.41) is 6.93. The van der Waals surface area contributed by atoms with Crippen LogP contribution in [0.3, 0.4) is 0 Å². The van der Waals surface area contributed by atoms with Crippen LogP contribution in [0, 0.1) is 3.57 Å². The van der Waals surface area contributed by atoms with Gasteiger partial charge in [-0.1, -0.05) is 31.2 Å². The number of halogens is 1. The molecule has 4 heteroatoms. The molecule has 1 aromatic carbocycles. The Labute approximate surface area is 102 Å². The average molecular weight is 313 g/mol. The van der Waals surface area contributed by atoms with E-state index in [0.29, 0.717) is 5.82 Å². The zero-order valence-electron chi connectivity index (χ0n) is 8.42. The van der Waals surface area contributed by atoms with Crippen LogP contribution in [0.5, 0.6) is 0 Å². The largest absolute Gasteiger partial charge is 0.381 e. The summed E-state index contributed by atoms with van der Waals surface area (Å²) in [4.78, 5) is 0. The quantitative estimate of drug-likeness (QED) is 0.838. The monoisotopic (exact) mass is 313 g/mol. The van der Waals surface area contributed by atoms with Crippen molar-refractivity contribution in [3.63, 3.8) is 0 Å². The number of nitrogen functional groups attached to an aromatic ring is 1. The smallest absolute Gasteiger partial charge is 0.159 e. The second-order valence-corrected chi connectivity index (χ2v) is 4.43. The molecule has 78 valence electrons. The van der Waals surface area contributed by atoms with Crippen molar-refractivity contribution in [1.29, 1.82) is 0 Å². The molecule has 2 rings (SSSR count). The van der Waals surface area contributed by atoms with Crippen molar-refractivity contribution in [2.75, 3.05) is 5.73 Å². The van der Waals surface area contributed by atoms with Gasteiger partial charge < -0.3 is 5.73 Å². The number of rotatable bonds is 2. The van der Waals surface area contributed by atoms with Crippen LogP contribution < -0.4 is 5.73 Å². The highest BCUT2D eigenvalue weighted by atomic mass is 127. The third kappa shape index (κ3) is 1.99. The van der Waals surface area contributed by atoms with E-state index in [9.17, 15) is 0 Å². The second kappa shape index (κ2) is 4.22. The number of aromatic amines is 1. The molecule has 0 unspecified atom stereocenters. The van der Waals surface area contributed by atoms with Gasteiger partial charge in [0.25, 0.3) is 0 Å². The zero-order valence-corrected chi connectivity index (χ0v) is 10.6.